The van der Waals surface area contributed by atoms with E-state index < -0.39 is 15.9 Å². The van der Waals surface area contributed by atoms with E-state index >= 15 is 0 Å². The molecule has 2 rings (SSSR count). The quantitative estimate of drug-likeness (QED) is 0.745. The number of nitrogens with one attached hydrogen (secondary N) is 3. The Balaban J connectivity index is 2.28. The Morgan fingerprint density at radius 1 is 1.48 bits per heavy atom. The number of sulfonamides is 1. The van der Waals surface area contributed by atoms with Gasteiger partial charge in [-0.1, -0.05) is 6.92 Å². The zero-order valence-electron chi connectivity index (χ0n) is 12.0. The van der Waals surface area contributed by atoms with E-state index in [-0.39, 0.29) is 10.6 Å². The van der Waals surface area contributed by atoms with E-state index in [1.165, 1.54) is 23.9 Å². The predicted octanol–water partition coefficient (Wildman–Crippen LogP) is 0.471. The van der Waals surface area contributed by atoms with Crippen molar-refractivity contribution in [2.24, 2.45) is 7.05 Å². The van der Waals surface area contributed by atoms with Crippen LogP contribution in [-0.2, 0) is 23.5 Å². The van der Waals surface area contributed by atoms with Gasteiger partial charge in [0, 0.05) is 18.8 Å². The van der Waals surface area contributed by atoms with Crippen molar-refractivity contribution in [2.75, 3.05) is 12.4 Å². The summed E-state index contributed by atoms with van der Waals surface area (Å²) in [6.45, 7) is 1.95. The van der Waals surface area contributed by atoms with Crippen LogP contribution in [0.4, 0.5) is 5.82 Å². The van der Waals surface area contributed by atoms with Crippen molar-refractivity contribution in [3.63, 3.8) is 0 Å². The maximum Gasteiger partial charge on any atom is 0.273 e. The topological polar surface area (TPSA) is 109 Å². The first kappa shape index (κ1) is 15.3. The van der Waals surface area contributed by atoms with E-state index in [4.69, 9.17) is 0 Å². The number of hydrogen-bond donors (Lipinski definition) is 3. The van der Waals surface area contributed by atoms with Crippen LogP contribution < -0.4 is 10.0 Å². The molecule has 0 aliphatic heterocycles. The number of amides is 1. The van der Waals surface area contributed by atoms with Crippen molar-refractivity contribution >= 4 is 21.7 Å². The van der Waals surface area contributed by atoms with Gasteiger partial charge in [0.2, 0.25) is 10.0 Å². The van der Waals surface area contributed by atoms with Crippen LogP contribution in [0.15, 0.2) is 23.4 Å². The number of aryl methyl sites for hydroxylation is 2. The molecule has 114 valence electrons. The molecule has 0 unspecified atom stereocenters. The van der Waals surface area contributed by atoms with Gasteiger partial charge in [-0.15, -0.1) is 0 Å². The Hall–Kier alpha value is -2.13. The van der Waals surface area contributed by atoms with Crippen molar-refractivity contribution in [3.05, 3.63) is 29.7 Å². The van der Waals surface area contributed by atoms with E-state index in [0.717, 1.165) is 12.0 Å². The van der Waals surface area contributed by atoms with E-state index in [1.54, 1.807) is 13.2 Å². The number of H-pyrrole nitrogens is 1. The number of anilines is 1. The second-order valence-electron chi connectivity index (χ2n) is 4.46. The maximum atomic E-state index is 12.2. The Bertz CT molecular complexity index is 760. The minimum atomic E-state index is -3.58. The van der Waals surface area contributed by atoms with E-state index in [9.17, 15) is 13.2 Å². The van der Waals surface area contributed by atoms with Crippen molar-refractivity contribution in [1.82, 2.24) is 19.5 Å². The minimum Gasteiger partial charge on any atom is -0.345 e. The first-order valence-corrected chi connectivity index (χ1v) is 7.81. The molecule has 0 saturated heterocycles. The third-order valence-electron chi connectivity index (χ3n) is 3.13. The molecular formula is C12H17N5O3S. The highest BCUT2D eigenvalue weighted by Gasteiger charge is 2.20. The number of nitrogens with zero attached hydrogens (tertiary/aromatic N) is 2. The van der Waals surface area contributed by atoms with Gasteiger partial charge in [-0.25, -0.2) is 13.1 Å². The van der Waals surface area contributed by atoms with Gasteiger partial charge >= 0.3 is 0 Å². The highest BCUT2D eigenvalue weighted by molar-refractivity contribution is 7.89. The Labute approximate surface area is 122 Å². The van der Waals surface area contributed by atoms with Crippen molar-refractivity contribution in [3.8, 4) is 0 Å². The lowest BCUT2D eigenvalue weighted by Gasteiger charge is -2.05. The largest absolute Gasteiger partial charge is 0.345 e. The molecule has 8 nitrogen and oxygen atoms in total. The van der Waals surface area contributed by atoms with Crippen LogP contribution in [0.2, 0.25) is 0 Å². The van der Waals surface area contributed by atoms with Crippen molar-refractivity contribution in [2.45, 2.75) is 18.2 Å². The normalized spacial score (nSPS) is 11.6. The fourth-order valence-corrected chi connectivity index (χ4v) is 2.69. The predicted molar refractivity (Wildman–Crippen MR) is 77.6 cm³/mol. The second-order valence-corrected chi connectivity index (χ2v) is 6.34. The van der Waals surface area contributed by atoms with Crippen LogP contribution in [0.3, 0.4) is 0 Å². The fourth-order valence-electron chi connectivity index (χ4n) is 1.89. The Kier molecular flexibility index (Phi) is 4.14. The van der Waals surface area contributed by atoms with Crippen LogP contribution in [0.1, 0.15) is 23.0 Å². The molecular weight excluding hydrogens is 294 g/mol. The molecule has 2 aromatic rings. The van der Waals surface area contributed by atoms with Gasteiger partial charge in [0.05, 0.1) is 6.20 Å². The highest BCUT2D eigenvalue weighted by atomic mass is 32.2. The number of carbonyl (C=O) groups excluding carboxylic acids is 1. The molecule has 0 fully saturated rings. The summed E-state index contributed by atoms with van der Waals surface area (Å²) in [6, 6.07) is 1.32. The van der Waals surface area contributed by atoms with E-state index in [2.05, 4.69) is 20.2 Å². The average Bonchev–Trinajstić information content (AvgIpc) is 3.05. The van der Waals surface area contributed by atoms with Crippen molar-refractivity contribution in [1.29, 1.82) is 0 Å². The molecule has 0 spiro atoms. The van der Waals surface area contributed by atoms with E-state index in [0.29, 0.717) is 5.82 Å². The lowest BCUT2D eigenvalue weighted by molar-refractivity contribution is 0.101. The number of carbonyl (C=O) groups is 1. The van der Waals surface area contributed by atoms with Crippen LogP contribution in [-0.4, -0.2) is 36.1 Å². The van der Waals surface area contributed by atoms with Crippen LogP contribution >= 0.6 is 0 Å². The molecule has 0 aliphatic rings. The highest BCUT2D eigenvalue weighted by Crippen LogP contribution is 2.16. The summed E-state index contributed by atoms with van der Waals surface area (Å²) in [5, 5.41) is 9.26. The number of aromatic nitrogens is 3. The molecule has 3 N–H and O–H groups in total. The Morgan fingerprint density at radius 3 is 2.81 bits per heavy atom. The molecule has 0 aliphatic carbocycles. The third-order valence-corrected chi connectivity index (χ3v) is 4.51. The molecule has 2 aromatic heterocycles. The minimum absolute atomic E-state index is 0.0398. The fraction of sp³-hybridized carbons (Fsp3) is 0.333. The van der Waals surface area contributed by atoms with Gasteiger partial charge in [0.15, 0.2) is 0 Å². The van der Waals surface area contributed by atoms with Gasteiger partial charge < -0.3 is 9.88 Å². The number of aromatic amines is 1. The molecule has 9 heteroatoms. The molecule has 21 heavy (non-hydrogen) atoms. The molecule has 0 radical (unpaired) electrons. The number of rotatable bonds is 5. The number of hydrogen-bond acceptors (Lipinski definition) is 4. The standard InChI is InChI=1S/C12H17N5O3S/c1-4-8-6-14-16-11(8)15-12(18)10-5-9(7-17(10)3)21(19,20)13-2/h5-7,13H,4H2,1-3H3,(H2,14,15,16,18). The molecule has 2 heterocycles. The average molecular weight is 311 g/mol. The van der Waals surface area contributed by atoms with Gasteiger partial charge in [-0.05, 0) is 19.5 Å². The first-order chi connectivity index (χ1) is 9.89. The SMILES string of the molecule is CCc1cn[nH]c1NC(=O)c1cc(S(=O)(=O)NC)cn1C. The van der Waals surface area contributed by atoms with E-state index in [1.807, 2.05) is 6.92 Å². The van der Waals surface area contributed by atoms with Gasteiger partial charge in [0.1, 0.15) is 16.4 Å². The lowest BCUT2D eigenvalue weighted by atomic mass is 10.2. The zero-order valence-corrected chi connectivity index (χ0v) is 12.8. The zero-order chi connectivity index (χ0) is 15.6. The summed E-state index contributed by atoms with van der Waals surface area (Å²) in [4.78, 5) is 12.3. The van der Waals surface area contributed by atoms with Gasteiger partial charge in [0.25, 0.3) is 5.91 Å². The van der Waals surface area contributed by atoms with Crippen LogP contribution in [0.25, 0.3) is 0 Å². The summed E-state index contributed by atoms with van der Waals surface area (Å²) in [7, 11) is -0.651. The van der Waals surface area contributed by atoms with Gasteiger partial charge in [-0.3, -0.25) is 9.89 Å². The second kappa shape index (κ2) is 5.70. The summed E-state index contributed by atoms with van der Waals surface area (Å²) < 4.78 is 27.1. The lowest BCUT2D eigenvalue weighted by Crippen LogP contribution is -2.18. The summed E-state index contributed by atoms with van der Waals surface area (Å²) in [5.74, 6) is 0.107. The molecule has 0 saturated carbocycles. The monoisotopic (exact) mass is 311 g/mol. The van der Waals surface area contributed by atoms with Gasteiger partial charge in [-0.2, -0.15) is 5.10 Å². The summed E-state index contributed by atoms with van der Waals surface area (Å²) in [6.07, 6.45) is 3.74. The third kappa shape index (κ3) is 2.98. The molecule has 0 atom stereocenters. The molecule has 0 bridgehead atoms. The van der Waals surface area contributed by atoms with Crippen molar-refractivity contribution < 1.29 is 13.2 Å². The summed E-state index contributed by atoms with van der Waals surface area (Å²) in [5.41, 5.74) is 1.11. The Morgan fingerprint density at radius 2 is 2.19 bits per heavy atom. The smallest absolute Gasteiger partial charge is 0.273 e. The maximum absolute atomic E-state index is 12.2. The molecule has 1 amide bonds. The summed E-state index contributed by atoms with van der Waals surface area (Å²) >= 11 is 0. The molecule has 0 aromatic carbocycles. The van der Waals surface area contributed by atoms with Crippen LogP contribution in [0, 0.1) is 0 Å². The first-order valence-electron chi connectivity index (χ1n) is 6.32. The van der Waals surface area contributed by atoms with Crippen LogP contribution in [0.5, 0.6) is 0 Å².